The van der Waals surface area contributed by atoms with E-state index in [2.05, 4.69) is 48.0 Å². The van der Waals surface area contributed by atoms with E-state index in [0.29, 0.717) is 11.6 Å². The molecule has 2 aromatic rings. The van der Waals surface area contributed by atoms with Gasteiger partial charge in [0.1, 0.15) is 12.4 Å². The van der Waals surface area contributed by atoms with Gasteiger partial charge in [-0.15, -0.1) is 0 Å². The molecule has 0 aliphatic heterocycles. The molecule has 0 atom stereocenters. The van der Waals surface area contributed by atoms with Crippen LogP contribution < -0.4 is 4.74 Å². The fourth-order valence-electron chi connectivity index (χ4n) is 1.87. The zero-order valence-corrected chi connectivity index (χ0v) is 13.4. The lowest BCUT2D eigenvalue weighted by molar-refractivity contribution is 0.304. The average molecular weight is 340 g/mol. The second-order valence-corrected chi connectivity index (χ2v) is 5.54. The predicted molar refractivity (Wildman–Crippen MR) is 84.3 cm³/mol. The van der Waals surface area contributed by atoms with E-state index in [4.69, 9.17) is 16.3 Å². The number of para-hydroxylation sites is 1. The maximum atomic E-state index is 6.19. The van der Waals surface area contributed by atoms with Gasteiger partial charge in [-0.3, -0.25) is 0 Å². The number of hydrogen-bond acceptors (Lipinski definition) is 1. The predicted octanol–water partition coefficient (Wildman–Crippen LogP) is 5.43. The van der Waals surface area contributed by atoms with E-state index in [-0.39, 0.29) is 0 Å². The van der Waals surface area contributed by atoms with Gasteiger partial charge < -0.3 is 4.74 Å². The zero-order chi connectivity index (χ0) is 13.8. The molecule has 0 aliphatic rings. The first-order valence-electron chi connectivity index (χ1n) is 6.14. The van der Waals surface area contributed by atoms with Crippen molar-refractivity contribution in [2.45, 2.75) is 25.8 Å². The summed E-state index contributed by atoms with van der Waals surface area (Å²) in [7, 11) is 0. The summed E-state index contributed by atoms with van der Waals surface area (Å²) in [6.45, 7) is 4.75. The van der Waals surface area contributed by atoms with Gasteiger partial charge in [0.05, 0.1) is 5.02 Å². The molecular formula is C16H16BrClO. The maximum absolute atomic E-state index is 6.19. The van der Waals surface area contributed by atoms with E-state index in [9.17, 15) is 0 Å². The highest BCUT2D eigenvalue weighted by molar-refractivity contribution is 9.08. The van der Waals surface area contributed by atoms with Gasteiger partial charge in [0.25, 0.3) is 0 Å². The lowest BCUT2D eigenvalue weighted by atomic mass is 10.1. The Bertz CT molecular complexity index is 581. The third-order valence-electron chi connectivity index (χ3n) is 3.15. The highest BCUT2D eigenvalue weighted by Gasteiger charge is 2.08. The topological polar surface area (TPSA) is 9.23 Å². The second-order valence-electron chi connectivity index (χ2n) is 4.57. The van der Waals surface area contributed by atoms with Crippen LogP contribution in [0.5, 0.6) is 5.75 Å². The van der Waals surface area contributed by atoms with E-state index in [1.54, 1.807) is 0 Å². The van der Waals surface area contributed by atoms with Crippen molar-refractivity contribution in [1.29, 1.82) is 0 Å². The molecule has 0 N–H and O–H groups in total. The van der Waals surface area contributed by atoms with E-state index < -0.39 is 0 Å². The maximum Gasteiger partial charge on any atom is 0.142 e. The van der Waals surface area contributed by atoms with E-state index in [1.807, 2.05) is 18.2 Å². The van der Waals surface area contributed by atoms with Crippen LogP contribution in [0.3, 0.4) is 0 Å². The van der Waals surface area contributed by atoms with Gasteiger partial charge in [-0.2, -0.15) is 0 Å². The summed E-state index contributed by atoms with van der Waals surface area (Å²) in [5.74, 6) is 0.763. The smallest absolute Gasteiger partial charge is 0.142 e. The third kappa shape index (κ3) is 3.52. The van der Waals surface area contributed by atoms with Gasteiger partial charge in [0.2, 0.25) is 0 Å². The van der Waals surface area contributed by atoms with Crippen molar-refractivity contribution in [3.8, 4) is 5.75 Å². The van der Waals surface area contributed by atoms with Crippen LogP contribution in [0.25, 0.3) is 0 Å². The molecule has 0 unspecified atom stereocenters. The number of ether oxygens (including phenoxy) is 1. The summed E-state index contributed by atoms with van der Waals surface area (Å²) in [5, 5.41) is 1.39. The molecule has 3 heteroatoms. The number of halogens is 2. The number of aryl methyl sites for hydroxylation is 2. The van der Waals surface area contributed by atoms with Crippen LogP contribution in [-0.2, 0) is 11.9 Å². The minimum atomic E-state index is 0.533. The molecule has 0 saturated carbocycles. The molecule has 1 nitrogen and oxygen atoms in total. The first-order valence-corrected chi connectivity index (χ1v) is 7.64. The van der Waals surface area contributed by atoms with Crippen LogP contribution in [0.4, 0.5) is 0 Å². The molecule has 0 aromatic heterocycles. The van der Waals surface area contributed by atoms with E-state index in [0.717, 1.165) is 22.2 Å². The van der Waals surface area contributed by atoms with Crippen LogP contribution in [0.2, 0.25) is 5.02 Å². The Balaban J connectivity index is 2.16. The van der Waals surface area contributed by atoms with Crippen molar-refractivity contribution >= 4 is 27.5 Å². The van der Waals surface area contributed by atoms with Crippen LogP contribution in [-0.4, -0.2) is 0 Å². The van der Waals surface area contributed by atoms with Crippen LogP contribution in [0, 0.1) is 13.8 Å². The van der Waals surface area contributed by atoms with Crippen molar-refractivity contribution in [3.05, 3.63) is 63.7 Å². The fraction of sp³-hybridized carbons (Fsp3) is 0.250. The molecule has 2 rings (SSSR count). The van der Waals surface area contributed by atoms with Gasteiger partial charge in [-0.25, -0.2) is 0 Å². The summed E-state index contributed by atoms with van der Waals surface area (Å²) < 4.78 is 5.88. The molecule has 0 saturated heterocycles. The molecule has 0 spiro atoms. The molecule has 0 heterocycles. The minimum Gasteiger partial charge on any atom is -0.487 e. The molecule has 0 aliphatic carbocycles. The van der Waals surface area contributed by atoms with Gasteiger partial charge in [0, 0.05) is 10.9 Å². The van der Waals surface area contributed by atoms with E-state index in [1.165, 1.54) is 11.1 Å². The van der Waals surface area contributed by atoms with Crippen LogP contribution >= 0.6 is 27.5 Å². The van der Waals surface area contributed by atoms with Gasteiger partial charge in [-0.1, -0.05) is 57.9 Å². The first-order chi connectivity index (χ1) is 9.11. The summed E-state index contributed by atoms with van der Waals surface area (Å²) >= 11 is 9.64. The standard InChI is InChI=1S/C16H16BrClO/c1-11-6-7-13(8-12(11)2)10-19-16-14(9-17)4-3-5-15(16)18/h3-8H,9-10H2,1-2H3. The number of rotatable bonds is 4. The van der Waals surface area contributed by atoms with Crippen molar-refractivity contribution in [3.63, 3.8) is 0 Å². The number of hydrogen-bond donors (Lipinski definition) is 0. The van der Waals surface area contributed by atoms with Crippen LogP contribution in [0.1, 0.15) is 22.3 Å². The van der Waals surface area contributed by atoms with Crippen molar-refractivity contribution in [2.24, 2.45) is 0 Å². The Labute approximate surface area is 127 Å². The van der Waals surface area contributed by atoms with Crippen LogP contribution in [0.15, 0.2) is 36.4 Å². The lowest BCUT2D eigenvalue weighted by Gasteiger charge is -2.12. The Morgan fingerprint density at radius 1 is 1.11 bits per heavy atom. The summed E-state index contributed by atoms with van der Waals surface area (Å²) in [5.41, 5.74) is 4.79. The summed E-state index contributed by atoms with van der Waals surface area (Å²) in [6.07, 6.45) is 0. The first kappa shape index (κ1) is 14.4. The van der Waals surface area contributed by atoms with Gasteiger partial charge in [-0.05, 0) is 36.6 Å². The SMILES string of the molecule is Cc1ccc(COc2c(Cl)cccc2CBr)cc1C. The molecule has 0 bridgehead atoms. The molecular weight excluding hydrogens is 324 g/mol. The Kier molecular flexibility index (Phi) is 4.89. The molecule has 0 amide bonds. The zero-order valence-electron chi connectivity index (χ0n) is 11.0. The normalized spacial score (nSPS) is 10.5. The Hall–Kier alpha value is -0.990. The van der Waals surface area contributed by atoms with Gasteiger partial charge in [0.15, 0.2) is 0 Å². The molecule has 19 heavy (non-hydrogen) atoms. The minimum absolute atomic E-state index is 0.533. The van der Waals surface area contributed by atoms with Crippen molar-refractivity contribution in [1.82, 2.24) is 0 Å². The van der Waals surface area contributed by atoms with Crippen molar-refractivity contribution in [2.75, 3.05) is 0 Å². The summed E-state index contributed by atoms with van der Waals surface area (Å²) in [4.78, 5) is 0. The lowest BCUT2D eigenvalue weighted by Crippen LogP contribution is -1.99. The van der Waals surface area contributed by atoms with Crippen molar-refractivity contribution < 1.29 is 4.74 Å². The van der Waals surface area contributed by atoms with Gasteiger partial charge >= 0.3 is 0 Å². The highest BCUT2D eigenvalue weighted by Crippen LogP contribution is 2.30. The van der Waals surface area contributed by atoms with E-state index >= 15 is 0 Å². The molecule has 0 radical (unpaired) electrons. The summed E-state index contributed by atoms with van der Waals surface area (Å²) in [6, 6.07) is 12.2. The molecule has 0 fully saturated rings. The Morgan fingerprint density at radius 2 is 1.89 bits per heavy atom. The quantitative estimate of drug-likeness (QED) is 0.675. The Morgan fingerprint density at radius 3 is 2.58 bits per heavy atom. The fourth-order valence-corrected chi connectivity index (χ4v) is 2.56. The molecule has 2 aromatic carbocycles. The second kappa shape index (κ2) is 6.44. The third-order valence-corrected chi connectivity index (χ3v) is 4.05. The highest BCUT2D eigenvalue weighted by atomic mass is 79.9. The number of alkyl halides is 1. The molecule has 100 valence electrons. The monoisotopic (exact) mass is 338 g/mol. The average Bonchev–Trinajstić information content (AvgIpc) is 2.41. The number of benzene rings is 2. The largest absolute Gasteiger partial charge is 0.487 e.